The van der Waals surface area contributed by atoms with Crippen LogP contribution in [0.3, 0.4) is 0 Å². The summed E-state index contributed by atoms with van der Waals surface area (Å²) in [5.74, 6) is -0.663. The Hall–Kier alpha value is -3.83. The number of aliphatic hydroxyl groups is 2. The summed E-state index contributed by atoms with van der Waals surface area (Å²) in [6.45, 7) is 0.879. The number of halogens is 1. The van der Waals surface area contributed by atoms with Crippen molar-refractivity contribution < 1.29 is 24.1 Å². The van der Waals surface area contributed by atoms with Gasteiger partial charge in [0, 0.05) is 24.2 Å². The van der Waals surface area contributed by atoms with E-state index in [0.717, 1.165) is 0 Å². The van der Waals surface area contributed by atoms with Crippen LogP contribution in [0.4, 0.5) is 10.1 Å². The van der Waals surface area contributed by atoms with Gasteiger partial charge in [0.25, 0.3) is 5.91 Å². The lowest BCUT2D eigenvalue weighted by molar-refractivity contribution is -0.0144. The van der Waals surface area contributed by atoms with Crippen molar-refractivity contribution in [2.75, 3.05) is 19.0 Å². The van der Waals surface area contributed by atoms with E-state index in [-0.39, 0.29) is 23.5 Å². The number of aliphatic hydroxyl groups excluding tert-OH is 1. The second kappa shape index (κ2) is 8.36. The van der Waals surface area contributed by atoms with Gasteiger partial charge in [-0.3, -0.25) is 9.48 Å². The molecule has 1 amide bonds. The molecule has 0 saturated carbocycles. The van der Waals surface area contributed by atoms with Gasteiger partial charge in [-0.05, 0) is 31.2 Å². The fourth-order valence-electron chi connectivity index (χ4n) is 3.23. The predicted molar refractivity (Wildman–Crippen MR) is 113 cm³/mol. The number of carbonyl (C=O) groups is 1. The number of methoxy groups -OCH3 is 1. The van der Waals surface area contributed by atoms with Gasteiger partial charge in [0.15, 0.2) is 5.65 Å². The number of rotatable bonds is 7. The van der Waals surface area contributed by atoms with Crippen molar-refractivity contribution in [1.29, 1.82) is 0 Å². The van der Waals surface area contributed by atoms with E-state index in [0.29, 0.717) is 17.0 Å². The number of hydrogen-bond donors (Lipinski definition) is 3. The Kier molecular flexibility index (Phi) is 5.59. The maximum absolute atomic E-state index is 14.0. The van der Waals surface area contributed by atoms with Gasteiger partial charge in [0.1, 0.15) is 28.4 Å². The highest BCUT2D eigenvalue weighted by Gasteiger charge is 2.24. The highest BCUT2D eigenvalue weighted by atomic mass is 19.1. The smallest absolute Gasteiger partial charge is 0.261 e. The Morgan fingerprint density at radius 3 is 2.94 bits per heavy atom. The molecule has 0 aliphatic carbocycles. The van der Waals surface area contributed by atoms with Gasteiger partial charge in [0.2, 0.25) is 0 Å². The number of benzene rings is 1. The van der Waals surface area contributed by atoms with Gasteiger partial charge in [-0.25, -0.2) is 13.9 Å². The average molecular weight is 440 g/mol. The molecule has 0 spiro atoms. The summed E-state index contributed by atoms with van der Waals surface area (Å²) < 4.78 is 22.2. The molecule has 0 aliphatic heterocycles. The third kappa shape index (κ3) is 4.15. The van der Waals surface area contributed by atoms with E-state index in [9.17, 15) is 19.4 Å². The molecular formula is C21H21FN6O4. The summed E-state index contributed by atoms with van der Waals surface area (Å²) in [5, 5.41) is 30.9. The zero-order chi connectivity index (χ0) is 22.9. The second-order valence-electron chi connectivity index (χ2n) is 7.49. The van der Waals surface area contributed by atoms with Crippen molar-refractivity contribution in [3.63, 3.8) is 0 Å². The first-order valence-corrected chi connectivity index (χ1v) is 9.65. The molecule has 3 heterocycles. The van der Waals surface area contributed by atoms with Crippen molar-refractivity contribution >= 4 is 17.2 Å². The average Bonchev–Trinajstić information content (AvgIpc) is 3.37. The molecule has 4 aromatic rings. The SMILES string of the molecule is COc1ccc(F)cc1-c1nn(C[C@@](C)(O)CO)cc1NC(=O)c1cnn2cccnc12. The predicted octanol–water partition coefficient (Wildman–Crippen LogP) is 1.74. The van der Waals surface area contributed by atoms with Crippen LogP contribution in [0.5, 0.6) is 5.75 Å². The number of ether oxygens (including phenoxy) is 1. The van der Waals surface area contributed by atoms with Crippen LogP contribution in [0.2, 0.25) is 0 Å². The molecule has 0 saturated heterocycles. The van der Waals surface area contributed by atoms with Gasteiger partial charge in [-0.1, -0.05) is 0 Å². The molecule has 32 heavy (non-hydrogen) atoms. The molecule has 3 N–H and O–H groups in total. The molecule has 1 aromatic carbocycles. The third-order valence-electron chi connectivity index (χ3n) is 4.79. The molecule has 0 aliphatic rings. The Bertz CT molecular complexity index is 1280. The van der Waals surface area contributed by atoms with Crippen LogP contribution in [0, 0.1) is 5.82 Å². The third-order valence-corrected chi connectivity index (χ3v) is 4.79. The molecule has 166 valence electrons. The van der Waals surface area contributed by atoms with Crippen molar-refractivity contribution in [2.24, 2.45) is 0 Å². The first-order valence-electron chi connectivity index (χ1n) is 9.65. The number of nitrogens with one attached hydrogen (secondary N) is 1. The molecule has 3 aromatic heterocycles. The van der Waals surface area contributed by atoms with Gasteiger partial charge in [-0.2, -0.15) is 10.2 Å². The van der Waals surface area contributed by atoms with Gasteiger partial charge in [0.05, 0.1) is 32.1 Å². The summed E-state index contributed by atoms with van der Waals surface area (Å²) in [6, 6.07) is 5.63. The lowest BCUT2D eigenvalue weighted by Crippen LogP contribution is -2.34. The summed E-state index contributed by atoms with van der Waals surface area (Å²) in [7, 11) is 1.44. The van der Waals surface area contributed by atoms with Crippen LogP contribution >= 0.6 is 0 Å². The van der Waals surface area contributed by atoms with Gasteiger partial charge >= 0.3 is 0 Å². The number of anilines is 1. The second-order valence-corrected chi connectivity index (χ2v) is 7.49. The van der Waals surface area contributed by atoms with Crippen molar-refractivity contribution in [3.8, 4) is 17.0 Å². The van der Waals surface area contributed by atoms with Crippen LogP contribution in [0.25, 0.3) is 16.9 Å². The van der Waals surface area contributed by atoms with Crippen LogP contribution in [-0.2, 0) is 6.54 Å². The lowest BCUT2D eigenvalue weighted by Gasteiger charge is -2.19. The first-order chi connectivity index (χ1) is 15.3. The van der Waals surface area contributed by atoms with E-state index in [1.165, 1.54) is 53.8 Å². The zero-order valence-corrected chi connectivity index (χ0v) is 17.4. The first kappa shape index (κ1) is 21.4. The fourth-order valence-corrected chi connectivity index (χ4v) is 3.23. The molecule has 0 fully saturated rings. The Balaban J connectivity index is 1.77. The monoisotopic (exact) mass is 440 g/mol. The summed E-state index contributed by atoms with van der Waals surface area (Å²) in [6.07, 6.45) is 6.09. The van der Waals surface area contributed by atoms with E-state index in [2.05, 4.69) is 20.5 Å². The van der Waals surface area contributed by atoms with Crippen LogP contribution < -0.4 is 10.1 Å². The van der Waals surface area contributed by atoms with E-state index in [1.807, 2.05) is 0 Å². The molecule has 0 bridgehead atoms. The maximum Gasteiger partial charge on any atom is 0.261 e. The van der Waals surface area contributed by atoms with Gasteiger partial charge < -0.3 is 20.3 Å². The standard InChI is InChI=1S/C21H21FN6O4/c1-21(31,12-29)11-27-10-16(18(26-27)14-8-13(22)4-5-17(14)32-2)25-20(30)15-9-24-28-7-3-6-23-19(15)28/h3-10,29,31H,11-12H2,1-2H3,(H,25,30)/t21-/m1/s1. The molecule has 11 heteroatoms. The summed E-state index contributed by atoms with van der Waals surface area (Å²) >= 11 is 0. The zero-order valence-electron chi connectivity index (χ0n) is 17.4. The molecule has 1 atom stereocenters. The highest BCUT2D eigenvalue weighted by Crippen LogP contribution is 2.35. The summed E-state index contributed by atoms with van der Waals surface area (Å²) in [4.78, 5) is 17.2. The number of fused-ring (bicyclic) bond motifs is 1. The van der Waals surface area contributed by atoms with Crippen molar-refractivity contribution in [1.82, 2.24) is 24.4 Å². The molecule has 0 unspecified atom stereocenters. The Labute approximate surface area is 181 Å². The Morgan fingerprint density at radius 1 is 1.38 bits per heavy atom. The number of carbonyl (C=O) groups excluding carboxylic acids is 1. The minimum absolute atomic E-state index is 0.0672. The number of nitrogens with zero attached hydrogens (tertiary/aromatic N) is 5. The lowest BCUT2D eigenvalue weighted by atomic mass is 10.1. The van der Waals surface area contributed by atoms with Crippen molar-refractivity contribution in [2.45, 2.75) is 19.1 Å². The molecular weight excluding hydrogens is 419 g/mol. The molecule has 0 radical (unpaired) electrons. The van der Waals surface area contributed by atoms with Crippen LogP contribution in [0.15, 0.2) is 49.1 Å². The largest absolute Gasteiger partial charge is 0.496 e. The normalized spacial score (nSPS) is 13.2. The minimum Gasteiger partial charge on any atom is -0.496 e. The van der Waals surface area contributed by atoms with Crippen LogP contribution in [-0.4, -0.2) is 59.8 Å². The number of hydrogen-bond acceptors (Lipinski definition) is 7. The van der Waals surface area contributed by atoms with Gasteiger partial charge in [-0.15, -0.1) is 0 Å². The van der Waals surface area contributed by atoms with E-state index in [1.54, 1.807) is 18.5 Å². The van der Waals surface area contributed by atoms with E-state index < -0.39 is 23.9 Å². The fraction of sp³-hybridized carbons (Fsp3) is 0.238. The van der Waals surface area contributed by atoms with E-state index >= 15 is 0 Å². The summed E-state index contributed by atoms with van der Waals surface area (Å²) in [5.41, 5.74) is -0.0644. The maximum atomic E-state index is 14.0. The molecule has 10 nitrogen and oxygen atoms in total. The van der Waals surface area contributed by atoms with Crippen LogP contribution in [0.1, 0.15) is 17.3 Å². The topological polar surface area (TPSA) is 127 Å². The van der Waals surface area contributed by atoms with E-state index in [4.69, 9.17) is 4.74 Å². The van der Waals surface area contributed by atoms with Crippen molar-refractivity contribution in [3.05, 3.63) is 60.4 Å². The highest BCUT2D eigenvalue weighted by molar-refractivity contribution is 6.09. The minimum atomic E-state index is -1.46. The number of aromatic nitrogens is 5. The quantitative estimate of drug-likeness (QED) is 0.399. The Morgan fingerprint density at radius 2 is 2.19 bits per heavy atom. The number of amides is 1. The molecule has 4 rings (SSSR count).